The van der Waals surface area contributed by atoms with E-state index >= 15 is 0 Å². The fourth-order valence-electron chi connectivity index (χ4n) is 2.01. The van der Waals surface area contributed by atoms with Gasteiger partial charge in [-0.2, -0.15) is 0 Å². The average molecular weight is 318 g/mol. The molecule has 3 N–H and O–H groups in total. The summed E-state index contributed by atoms with van der Waals surface area (Å²) in [7, 11) is 0. The first-order valence-electron chi connectivity index (χ1n) is 6.70. The second-order valence-electron chi connectivity index (χ2n) is 4.46. The third-order valence-corrected chi connectivity index (χ3v) is 4.08. The van der Waals surface area contributed by atoms with E-state index in [1.54, 1.807) is 18.2 Å². The molecule has 1 aromatic carbocycles. The normalized spacial score (nSPS) is 12.7. The number of nitrogens with one attached hydrogen (secondary N) is 1. The lowest BCUT2D eigenvalue weighted by molar-refractivity contribution is -0.120. The summed E-state index contributed by atoms with van der Waals surface area (Å²) in [5.41, 5.74) is 6.07. The van der Waals surface area contributed by atoms with Crippen LogP contribution in [-0.4, -0.2) is 37.0 Å². The zero-order chi connectivity index (χ0) is 15.1. The van der Waals surface area contributed by atoms with Crippen molar-refractivity contribution >= 4 is 29.1 Å². The number of primary amides is 1. The smallest absolute Gasteiger partial charge is 0.239 e. The summed E-state index contributed by atoms with van der Waals surface area (Å²) in [4.78, 5) is 13.9. The van der Waals surface area contributed by atoms with Gasteiger partial charge in [-0.15, -0.1) is 0 Å². The number of benzene rings is 1. The van der Waals surface area contributed by atoms with Crippen molar-refractivity contribution < 1.29 is 4.79 Å². The second kappa shape index (κ2) is 8.47. The fraction of sp³-hybridized carbons (Fsp3) is 0.500. The number of hydrogen-bond donors (Lipinski definition) is 2. The maximum atomic E-state index is 11.6. The van der Waals surface area contributed by atoms with Crippen LogP contribution in [0.25, 0.3) is 0 Å². The maximum absolute atomic E-state index is 11.6. The minimum absolute atomic E-state index is 0.369. The van der Waals surface area contributed by atoms with Crippen molar-refractivity contribution in [2.45, 2.75) is 19.9 Å². The van der Waals surface area contributed by atoms with Gasteiger partial charge in [0.2, 0.25) is 5.91 Å². The maximum Gasteiger partial charge on any atom is 0.239 e. The summed E-state index contributed by atoms with van der Waals surface area (Å²) in [6, 6.07) is 4.57. The molecule has 0 saturated heterocycles. The highest BCUT2D eigenvalue weighted by atomic mass is 35.5. The van der Waals surface area contributed by atoms with Crippen molar-refractivity contribution in [3.63, 3.8) is 0 Å². The zero-order valence-electron chi connectivity index (χ0n) is 11.8. The molecule has 20 heavy (non-hydrogen) atoms. The van der Waals surface area contributed by atoms with Crippen LogP contribution < -0.4 is 11.1 Å². The van der Waals surface area contributed by atoms with E-state index in [0.717, 1.165) is 19.6 Å². The molecule has 1 aromatic rings. The van der Waals surface area contributed by atoms with E-state index in [9.17, 15) is 4.79 Å². The van der Waals surface area contributed by atoms with Crippen LogP contribution in [0.15, 0.2) is 18.2 Å². The Labute approximate surface area is 130 Å². The number of likely N-dealkylation sites (N-methyl/N-ethyl adjacent to an activating group) is 1. The van der Waals surface area contributed by atoms with Crippen LogP contribution >= 0.6 is 23.2 Å². The molecule has 0 bridgehead atoms. The quantitative estimate of drug-likeness (QED) is 0.774. The van der Waals surface area contributed by atoms with Gasteiger partial charge in [0.05, 0.1) is 10.0 Å². The number of amides is 1. The highest BCUT2D eigenvalue weighted by Crippen LogP contribution is 2.29. The molecular formula is C14H21Cl2N3O. The van der Waals surface area contributed by atoms with Gasteiger partial charge in [-0.05, 0) is 24.7 Å². The van der Waals surface area contributed by atoms with Crippen molar-refractivity contribution in [2.75, 3.05) is 26.2 Å². The van der Waals surface area contributed by atoms with E-state index < -0.39 is 11.9 Å². The van der Waals surface area contributed by atoms with Crippen LogP contribution in [0.1, 0.15) is 25.5 Å². The topological polar surface area (TPSA) is 58.4 Å². The van der Waals surface area contributed by atoms with E-state index in [1.165, 1.54) is 0 Å². The molecule has 1 amide bonds. The molecule has 0 saturated carbocycles. The Bertz CT molecular complexity index is 450. The number of rotatable bonds is 8. The molecule has 0 fully saturated rings. The Morgan fingerprint density at radius 2 is 2.00 bits per heavy atom. The summed E-state index contributed by atoms with van der Waals surface area (Å²) in [6.07, 6.45) is 0. The first-order chi connectivity index (χ1) is 9.51. The van der Waals surface area contributed by atoms with Gasteiger partial charge in [-0.25, -0.2) is 0 Å². The first-order valence-corrected chi connectivity index (χ1v) is 7.45. The van der Waals surface area contributed by atoms with Crippen molar-refractivity contribution in [1.29, 1.82) is 0 Å². The third-order valence-electron chi connectivity index (χ3n) is 3.25. The van der Waals surface area contributed by atoms with Gasteiger partial charge >= 0.3 is 0 Å². The van der Waals surface area contributed by atoms with Gasteiger partial charge in [-0.3, -0.25) is 4.79 Å². The average Bonchev–Trinajstić information content (AvgIpc) is 2.42. The Kier molecular flexibility index (Phi) is 7.30. The fourth-order valence-corrected chi connectivity index (χ4v) is 2.43. The Hall–Kier alpha value is -0.810. The summed E-state index contributed by atoms with van der Waals surface area (Å²) in [6.45, 7) is 7.63. The molecule has 0 aliphatic carbocycles. The molecule has 1 atom stereocenters. The molecule has 0 aliphatic heterocycles. The van der Waals surface area contributed by atoms with E-state index in [0.29, 0.717) is 22.2 Å². The molecule has 6 heteroatoms. The molecule has 0 spiro atoms. The van der Waals surface area contributed by atoms with Gasteiger partial charge < -0.3 is 16.0 Å². The molecule has 1 rings (SSSR count). The van der Waals surface area contributed by atoms with Gasteiger partial charge in [0.1, 0.15) is 6.04 Å². The predicted octanol–water partition coefficient (Wildman–Crippen LogP) is 2.45. The molecule has 0 radical (unpaired) electrons. The lowest BCUT2D eigenvalue weighted by Crippen LogP contribution is -2.39. The van der Waals surface area contributed by atoms with Crippen LogP contribution in [0.2, 0.25) is 10.0 Å². The summed E-state index contributed by atoms with van der Waals surface area (Å²) >= 11 is 12.1. The lowest BCUT2D eigenvalue weighted by atomic mass is 10.1. The monoisotopic (exact) mass is 317 g/mol. The SMILES string of the molecule is CCN(CC)CCNC(C(N)=O)c1cccc(Cl)c1Cl. The van der Waals surface area contributed by atoms with Crippen LogP contribution in [0.5, 0.6) is 0 Å². The number of halogens is 2. The highest BCUT2D eigenvalue weighted by molar-refractivity contribution is 6.42. The standard InChI is InChI=1S/C14H21Cl2N3O/c1-3-19(4-2)9-8-18-13(14(17)20)10-6-5-7-11(15)12(10)16/h5-7,13,18H,3-4,8-9H2,1-2H3,(H2,17,20). The van der Waals surface area contributed by atoms with Gasteiger partial charge in [0.25, 0.3) is 0 Å². The van der Waals surface area contributed by atoms with Crippen LogP contribution in [0, 0.1) is 0 Å². The number of nitrogens with two attached hydrogens (primary N) is 1. The molecule has 0 aliphatic rings. The van der Waals surface area contributed by atoms with Crippen LogP contribution in [0.3, 0.4) is 0 Å². The zero-order valence-corrected chi connectivity index (χ0v) is 13.3. The van der Waals surface area contributed by atoms with Crippen molar-refractivity contribution in [3.8, 4) is 0 Å². The minimum atomic E-state index is -0.628. The second-order valence-corrected chi connectivity index (χ2v) is 5.24. The van der Waals surface area contributed by atoms with Crippen LogP contribution in [0.4, 0.5) is 0 Å². The number of carbonyl (C=O) groups is 1. The molecule has 1 unspecified atom stereocenters. The Morgan fingerprint density at radius 3 is 2.55 bits per heavy atom. The van der Waals surface area contributed by atoms with Gasteiger partial charge in [0, 0.05) is 13.1 Å². The predicted molar refractivity (Wildman–Crippen MR) is 84.2 cm³/mol. The molecule has 0 aromatic heterocycles. The lowest BCUT2D eigenvalue weighted by Gasteiger charge is -2.21. The van der Waals surface area contributed by atoms with Gasteiger partial charge in [-0.1, -0.05) is 49.2 Å². The first kappa shape index (κ1) is 17.2. The summed E-state index contributed by atoms with van der Waals surface area (Å²) in [5.74, 6) is -0.464. The van der Waals surface area contributed by atoms with Crippen LogP contribution in [-0.2, 0) is 4.79 Å². The number of hydrogen-bond acceptors (Lipinski definition) is 3. The number of carbonyl (C=O) groups excluding carboxylic acids is 1. The summed E-state index contributed by atoms with van der Waals surface area (Å²) < 4.78 is 0. The van der Waals surface area contributed by atoms with E-state index in [-0.39, 0.29) is 0 Å². The summed E-state index contributed by atoms with van der Waals surface area (Å²) in [5, 5.41) is 3.93. The van der Waals surface area contributed by atoms with Crippen molar-refractivity contribution in [2.24, 2.45) is 5.73 Å². The molecule has 4 nitrogen and oxygen atoms in total. The minimum Gasteiger partial charge on any atom is -0.368 e. The molecule has 0 heterocycles. The Balaban J connectivity index is 2.75. The number of nitrogens with zero attached hydrogens (tertiary/aromatic N) is 1. The third kappa shape index (κ3) is 4.63. The Morgan fingerprint density at radius 1 is 1.35 bits per heavy atom. The highest BCUT2D eigenvalue weighted by Gasteiger charge is 2.21. The van der Waals surface area contributed by atoms with Crippen molar-refractivity contribution in [3.05, 3.63) is 33.8 Å². The van der Waals surface area contributed by atoms with E-state index in [4.69, 9.17) is 28.9 Å². The molecule has 112 valence electrons. The van der Waals surface area contributed by atoms with E-state index in [1.807, 2.05) is 0 Å². The van der Waals surface area contributed by atoms with Crippen molar-refractivity contribution in [1.82, 2.24) is 10.2 Å². The van der Waals surface area contributed by atoms with Gasteiger partial charge in [0.15, 0.2) is 0 Å². The molecular weight excluding hydrogens is 297 g/mol. The largest absolute Gasteiger partial charge is 0.368 e. The van der Waals surface area contributed by atoms with E-state index in [2.05, 4.69) is 24.1 Å².